The van der Waals surface area contributed by atoms with Crippen molar-refractivity contribution in [3.63, 3.8) is 0 Å². The van der Waals surface area contributed by atoms with Gasteiger partial charge in [-0.2, -0.15) is 0 Å². The fourth-order valence-electron chi connectivity index (χ4n) is 1.61. The summed E-state index contributed by atoms with van der Waals surface area (Å²) in [5.41, 5.74) is 0.862. The van der Waals surface area contributed by atoms with Crippen molar-refractivity contribution in [3.8, 4) is 5.75 Å². The second-order valence-corrected chi connectivity index (χ2v) is 6.29. The average Bonchev–Trinajstić information content (AvgIpc) is 2.76. The molecule has 5 heteroatoms. The van der Waals surface area contributed by atoms with Crippen molar-refractivity contribution in [2.45, 2.75) is 6.42 Å². The van der Waals surface area contributed by atoms with Gasteiger partial charge in [0.25, 0.3) is 0 Å². The maximum Gasteiger partial charge on any atom is 0.177 e. The van der Waals surface area contributed by atoms with Crippen LogP contribution in [-0.2, 0) is 6.42 Å². The highest BCUT2D eigenvalue weighted by atomic mass is 79.9. The van der Waals surface area contributed by atoms with E-state index in [9.17, 15) is 4.79 Å². The molecule has 0 aliphatic rings. The van der Waals surface area contributed by atoms with Crippen LogP contribution in [0.1, 0.15) is 15.2 Å². The number of ketones is 1. The third-order valence-corrected chi connectivity index (χ3v) is 4.21. The summed E-state index contributed by atoms with van der Waals surface area (Å²) in [4.78, 5) is 12.8. The zero-order valence-electron chi connectivity index (χ0n) is 9.57. The second-order valence-electron chi connectivity index (χ2n) is 3.66. The Hall–Kier alpha value is -0.840. The van der Waals surface area contributed by atoms with Gasteiger partial charge >= 0.3 is 0 Å². The standard InChI is InChI=1S/C13H10BrClO2S/c1-17-11-3-2-9(14)6-8(11)7-10(16)12-4-5-13(15)18-12/h2-6H,7H2,1H3. The molecule has 0 spiro atoms. The Morgan fingerprint density at radius 2 is 2.17 bits per heavy atom. The predicted octanol–water partition coefficient (Wildman–Crippen LogP) is 4.60. The van der Waals surface area contributed by atoms with E-state index in [0.717, 1.165) is 10.0 Å². The van der Waals surface area contributed by atoms with Crippen LogP contribution in [0.2, 0.25) is 4.34 Å². The smallest absolute Gasteiger partial charge is 0.177 e. The first-order valence-corrected chi connectivity index (χ1v) is 7.20. The maximum atomic E-state index is 12.1. The van der Waals surface area contributed by atoms with Crippen molar-refractivity contribution in [2.24, 2.45) is 0 Å². The van der Waals surface area contributed by atoms with E-state index in [1.807, 2.05) is 18.2 Å². The molecule has 0 radical (unpaired) electrons. The van der Waals surface area contributed by atoms with E-state index in [2.05, 4.69) is 15.9 Å². The first-order chi connectivity index (χ1) is 8.60. The van der Waals surface area contributed by atoms with Crippen molar-refractivity contribution in [3.05, 3.63) is 49.6 Å². The summed E-state index contributed by atoms with van der Waals surface area (Å²) in [6.45, 7) is 0. The highest BCUT2D eigenvalue weighted by molar-refractivity contribution is 9.10. The summed E-state index contributed by atoms with van der Waals surface area (Å²) in [5, 5.41) is 0. The Bertz CT molecular complexity index is 580. The predicted molar refractivity (Wildman–Crippen MR) is 78.1 cm³/mol. The number of Topliss-reactive ketones (excluding diaryl/α,β-unsaturated/α-hetero) is 1. The van der Waals surface area contributed by atoms with Crippen molar-refractivity contribution >= 4 is 44.7 Å². The minimum absolute atomic E-state index is 0.0447. The number of hydrogen-bond donors (Lipinski definition) is 0. The van der Waals surface area contributed by atoms with Gasteiger partial charge in [-0.25, -0.2) is 0 Å². The first kappa shape index (κ1) is 13.6. The van der Waals surface area contributed by atoms with Crippen LogP contribution in [0.4, 0.5) is 0 Å². The van der Waals surface area contributed by atoms with Crippen LogP contribution < -0.4 is 4.74 Å². The molecule has 18 heavy (non-hydrogen) atoms. The third kappa shape index (κ3) is 3.13. The molecule has 2 aromatic rings. The van der Waals surface area contributed by atoms with Gasteiger partial charge in [0, 0.05) is 16.5 Å². The van der Waals surface area contributed by atoms with Gasteiger partial charge in [-0.3, -0.25) is 4.79 Å². The van der Waals surface area contributed by atoms with Crippen molar-refractivity contribution in [1.29, 1.82) is 0 Å². The molecule has 0 aliphatic carbocycles. The molecule has 0 atom stereocenters. The van der Waals surface area contributed by atoms with E-state index >= 15 is 0 Å². The van der Waals surface area contributed by atoms with Gasteiger partial charge in [0.2, 0.25) is 0 Å². The van der Waals surface area contributed by atoms with Crippen LogP contribution in [0, 0.1) is 0 Å². The number of carbonyl (C=O) groups is 1. The minimum Gasteiger partial charge on any atom is -0.496 e. The van der Waals surface area contributed by atoms with E-state index in [0.29, 0.717) is 21.4 Å². The average molecular weight is 346 g/mol. The molecule has 94 valence electrons. The van der Waals surface area contributed by atoms with Crippen molar-refractivity contribution < 1.29 is 9.53 Å². The molecule has 0 bridgehead atoms. The zero-order valence-corrected chi connectivity index (χ0v) is 12.7. The first-order valence-electron chi connectivity index (χ1n) is 5.21. The molecule has 0 saturated carbocycles. The Morgan fingerprint density at radius 3 is 2.78 bits per heavy atom. The SMILES string of the molecule is COc1ccc(Br)cc1CC(=O)c1ccc(Cl)s1. The summed E-state index contributed by atoms with van der Waals surface area (Å²) in [6.07, 6.45) is 0.305. The summed E-state index contributed by atoms with van der Waals surface area (Å²) in [6, 6.07) is 9.10. The van der Waals surface area contributed by atoms with E-state index in [1.165, 1.54) is 11.3 Å². The van der Waals surface area contributed by atoms with Gasteiger partial charge in [0.05, 0.1) is 16.3 Å². The molecule has 1 heterocycles. The monoisotopic (exact) mass is 344 g/mol. The number of ether oxygens (including phenoxy) is 1. The van der Waals surface area contributed by atoms with Gasteiger partial charge in [0.15, 0.2) is 5.78 Å². The van der Waals surface area contributed by atoms with Crippen LogP contribution in [-0.4, -0.2) is 12.9 Å². The lowest BCUT2D eigenvalue weighted by atomic mass is 10.1. The summed E-state index contributed by atoms with van der Waals surface area (Å²) in [5.74, 6) is 0.762. The fraction of sp³-hybridized carbons (Fsp3) is 0.154. The van der Waals surface area contributed by atoms with E-state index in [4.69, 9.17) is 16.3 Å². The zero-order chi connectivity index (χ0) is 13.1. The second kappa shape index (κ2) is 5.87. The highest BCUT2D eigenvalue weighted by Gasteiger charge is 2.13. The van der Waals surface area contributed by atoms with E-state index < -0.39 is 0 Å². The van der Waals surface area contributed by atoms with Crippen LogP contribution in [0.5, 0.6) is 5.75 Å². The Labute approximate surface area is 123 Å². The molecule has 2 rings (SSSR count). The normalized spacial score (nSPS) is 10.4. The van der Waals surface area contributed by atoms with Gasteiger partial charge in [-0.1, -0.05) is 27.5 Å². The molecule has 0 unspecified atom stereocenters. The van der Waals surface area contributed by atoms with Gasteiger partial charge in [0.1, 0.15) is 5.75 Å². The number of methoxy groups -OCH3 is 1. The quantitative estimate of drug-likeness (QED) is 0.757. The molecule has 0 amide bonds. The lowest BCUT2D eigenvalue weighted by molar-refractivity contribution is 0.0996. The summed E-state index contributed by atoms with van der Waals surface area (Å²) < 4.78 is 6.80. The summed E-state index contributed by atoms with van der Waals surface area (Å²) in [7, 11) is 1.60. The minimum atomic E-state index is 0.0447. The van der Waals surface area contributed by atoms with Crippen LogP contribution in [0.15, 0.2) is 34.8 Å². The molecule has 0 fully saturated rings. The number of benzene rings is 1. The highest BCUT2D eigenvalue weighted by Crippen LogP contribution is 2.27. The molecule has 2 nitrogen and oxygen atoms in total. The number of halogens is 2. The third-order valence-electron chi connectivity index (χ3n) is 2.44. The fourth-order valence-corrected chi connectivity index (χ4v) is 3.00. The molecule has 1 aromatic heterocycles. The van der Waals surface area contributed by atoms with Gasteiger partial charge in [-0.15, -0.1) is 11.3 Å². The molecule has 0 aliphatic heterocycles. The van der Waals surface area contributed by atoms with Gasteiger partial charge in [-0.05, 0) is 30.3 Å². The number of thiophene rings is 1. The van der Waals surface area contributed by atoms with Gasteiger partial charge < -0.3 is 4.74 Å². The molecular weight excluding hydrogens is 336 g/mol. The topological polar surface area (TPSA) is 26.3 Å². The van der Waals surface area contributed by atoms with Crippen LogP contribution in [0.3, 0.4) is 0 Å². The number of rotatable bonds is 4. The molecular formula is C13H10BrClO2S. The van der Waals surface area contributed by atoms with Crippen LogP contribution in [0.25, 0.3) is 0 Å². The molecule has 0 N–H and O–H groups in total. The molecule has 1 aromatic carbocycles. The van der Waals surface area contributed by atoms with E-state index in [-0.39, 0.29) is 5.78 Å². The largest absolute Gasteiger partial charge is 0.496 e. The lowest BCUT2D eigenvalue weighted by Crippen LogP contribution is -2.03. The summed E-state index contributed by atoms with van der Waals surface area (Å²) >= 11 is 10.5. The Kier molecular flexibility index (Phi) is 4.43. The lowest BCUT2D eigenvalue weighted by Gasteiger charge is -2.07. The number of carbonyl (C=O) groups excluding carboxylic acids is 1. The van der Waals surface area contributed by atoms with E-state index in [1.54, 1.807) is 19.2 Å². The Balaban J connectivity index is 2.23. The van der Waals surface area contributed by atoms with Crippen molar-refractivity contribution in [1.82, 2.24) is 0 Å². The number of hydrogen-bond acceptors (Lipinski definition) is 3. The van der Waals surface area contributed by atoms with Crippen LogP contribution >= 0.6 is 38.9 Å². The Morgan fingerprint density at radius 1 is 1.39 bits per heavy atom. The van der Waals surface area contributed by atoms with Crippen molar-refractivity contribution in [2.75, 3.05) is 7.11 Å². The maximum absolute atomic E-state index is 12.1. The molecule has 0 saturated heterocycles.